The highest BCUT2D eigenvalue weighted by Crippen LogP contribution is 2.33. The minimum absolute atomic E-state index is 0. The molecule has 6 rings (SSSR count). The minimum atomic E-state index is -0.132. The lowest BCUT2D eigenvalue weighted by Crippen LogP contribution is -2.51. The van der Waals surface area contributed by atoms with Gasteiger partial charge in [-0.2, -0.15) is 0 Å². The lowest BCUT2D eigenvalue weighted by atomic mass is 9.78. The number of benzene rings is 2. The third-order valence-electron chi connectivity index (χ3n) is 7.31. The Hall–Kier alpha value is -2.57. The molecule has 33 heavy (non-hydrogen) atoms. The van der Waals surface area contributed by atoms with E-state index in [1.54, 1.807) is 0 Å². The molecule has 0 aromatic heterocycles. The number of hydrogen-bond acceptors (Lipinski definition) is 3. The van der Waals surface area contributed by atoms with E-state index >= 15 is 0 Å². The average Bonchev–Trinajstić information content (AvgIpc) is 3.34. The van der Waals surface area contributed by atoms with E-state index in [1.807, 2.05) is 48.5 Å². The molecule has 3 N–H and O–H groups in total. The van der Waals surface area contributed by atoms with E-state index in [9.17, 15) is 9.59 Å². The summed E-state index contributed by atoms with van der Waals surface area (Å²) in [5, 5.41) is 9.08. The number of halogens is 1. The van der Waals surface area contributed by atoms with Gasteiger partial charge >= 0.3 is 6.03 Å². The van der Waals surface area contributed by atoms with Gasteiger partial charge in [0.1, 0.15) is 0 Å². The molecule has 3 amide bonds. The van der Waals surface area contributed by atoms with Crippen LogP contribution in [0.4, 0.5) is 16.2 Å². The van der Waals surface area contributed by atoms with E-state index in [-0.39, 0.29) is 30.3 Å². The second-order valence-electron chi connectivity index (χ2n) is 9.47. The van der Waals surface area contributed by atoms with Gasteiger partial charge in [-0.15, -0.1) is 12.4 Å². The van der Waals surface area contributed by atoms with Gasteiger partial charge in [0.25, 0.3) is 0 Å². The van der Waals surface area contributed by atoms with Crippen LogP contribution in [-0.4, -0.2) is 42.5 Å². The molecule has 2 bridgehead atoms. The molecule has 7 heteroatoms. The predicted molar refractivity (Wildman–Crippen MR) is 135 cm³/mol. The summed E-state index contributed by atoms with van der Waals surface area (Å²) < 4.78 is 0. The van der Waals surface area contributed by atoms with Crippen LogP contribution in [0.25, 0.3) is 11.1 Å². The van der Waals surface area contributed by atoms with Crippen LogP contribution in [0.3, 0.4) is 0 Å². The zero-order valence-corrected chi connectivity index (χ0v) is 19.7. The lowest BCUT2D eigenvalue weighted by molar-refractivity contribution is -0.125. The maximum absolute atomic E-state index is 12.8. The Morgan fingerprint density at radius 3 is 1.82 bits per heavy atom. The molecule has 2 aromatic rings. The van der Waals surface area contributed by atoms with Crippen LogP contribution in [0, 0.1) is 11.8 Å². The van der Waals surface area contributed by atoms with Gasteiger partial charge in [0.15, 0.2) is 0 Å². The van der Waals surface area contributed by atoms with Crippen LogP contribution < -0.4 is 16.0 Å². The largest absolute Gasteiger partial charge is 0.335 e. The fraction of sp³-hybridized carbons (Fsp3) is 0.462. The molecule has 1 saturated carbocycles. The minimum Gasteiger partial charge on any atom is -0.335 e. The van der Waals surface area contributed by atoms with Crippen molar-refractivity contribution in [3.05, 3.63) is 48.5 Å². The van der Waals surface area contributed by atoms with Gasteiger partial charge in [-0.25, -0.2) is 4.79 Å². The molecule has 4 fully saturated rings. The van der Waals surface area contributed by atoms with Gasteiger partial charge < -0.3 is 20.9 Å². The van der Waals surface area contributed by atoms with Crippen LogP contribution in [0.15, 0.2) is 48.5 Å². The number of anilines is 2. The van der Waals surface area contributed by atoms with Crippen molar-refractivity contribution in [1.29, 1.82) is 0 Å². The number of carbonyl (C=O) groups excluding carboxylic acids is 2. The van der Waals surface area contributed by atoms with Crippen LogP contribution in [0.2, 0.25) is 0 Å². The number of amides is 3. The molecule has 1 atom stereocenters. The maximum Gasteiger partial charge on any atom is 0.319 e. The Bertz CT molecular complexity index is 949. The Balaban J connectivity index is 0.00000259. The van der Waals surface area contributed by atoms with Gasteiger partial charge in [0.2, 0.25) is 5.91 Å². The zero-order chi connectivity index (χ0) is 21.9. The fourth-order valence-electron chi connectivity index (χ4n) is 5.41. The molecular weight excluding hydrogens is 436 g/mol. The van der Waals surface area contributed by atoms with Gasteiger partial charge in [0, 0.05) is 24.0 Å². The van der Waals surface area contributed by atoms with Crippen molar-refractivity contribution in [2.75, 3.05) is 30.3 Å². The summed E-state index contributed by atoms with van der Waals surface area (Å²) in [7, 11) is 0. The highest BCUT2D eigenvalue weighted by molar-refractivity contribution is 5.93. The van der Waals surface area contributed by atoms with Crippen molar-refractivity contribution in [3.63, 3.8) is 0 Å². The molecule has 0 spiro atoms. The fourth-order valence-corrected chi connectivity index (χ4v) is 5.41. The van der Waals surface area contributed by atoms with E-state index in [4.69, 9.17) is 0 Å². The lowest BCUT2D eigenvalue weighted by Gasteiger charge is -2.43. The quantitative estimate of drug-likeness (QED) is 0.570. The third-order valence-corrected chi connectivity index (χ3v) is 7.31. The first-order valence-electron chi connectivity index (χ1n) is 12.0. The summed E-state index contributed by atoms with van der Waals surface area (Å²) in [6, 6.07) is 16.0. The standard InChI is InChI=1S/C26H32N4O2.ClH/c31-25(24-17-30-15-13-20(24)14-16-30)27-22-9-5-18(6-10-22)19-7-11-23(12-8-19)29-26(32)28-21-3-1-2-4-21;/h5-12,20-21,24H,1-4,13-17H2,(H,27,31)(H2,28,29,32);1H. The van der Waals surface area contributed by atoms with E-state index in [0.29, 0.717) is 12.0 Å². The zero-order valence-electron chi connectivity index (χ0n) is 18.9. The van der Waals surface area contributed by atoms with Crippen LogP contribution in [0.5, 0.6) is 0 Å². The van der Waals surface area contributed by atoms with Gasteiger partial charge in [-0.05, 0) is 80.1 Å². The molecule has 4 aliphatic rings. The molecule has 3 saturated heterocycles. The summed E-state index contributed by atoms with van der Waals surface area (Å²) in [6.45, 7) is 3.18. The smallest absolute Gasteiger partial charge is 0.319 e. The van der Waals surface area contributed by atoms with Crippen molar-refractivity contribution in [1.82, 2.24) is 10.2 Å². The van der Waals surface area contributed by atoms with Crippen molar-refractivity contribution in [2.24, 2.45) is 11.8 Å². The Morgan fingerprint density at radius 2 is 1.30 bits per heavy atom. The van der Waals surface area contributed by atoms with E-state index in [0.717, 1.165) is 67.8 Å². The molecule has 1 unspecified atom stereocenters. The Labute approximate surface area is 201 Å². The molecule has 1 aliphatic carbocycles. The molecule has 3 heterocycles. The second-order valence-corrected chi connectivity index (χ2v) is 9.47. The number of nitrogens with zero attached hydrogens (tertiary/aromatic N) is 1. The van der Waals surface area contributed by atoms with Gasteiger partial charge in [-0.1, -0.05) is 37.1 Å². The average molecular weight is 469 g/mol. The highest BCUT2D eigenvalue weighted by atomic mass is 35.5. The van der Waals surface area contributed by atoms with Crippen molar-refractivity contribution in [2.45, 2.75) is 44.6 Å². The van der Waals surface area contributed by atoms with Crippen molar-refractivity contribution in [3.8, 4) is 11.1 Å². The monoisotopic (exact) mass is 468 g/mol. The molecule has 176 valence electrons. The summed E-state index contributed by atoms with van der Waals surface area (Å²) in [4.78, 5) is 27.3. The number of hydrogen-bond donors (Lipinski definition) is 3. The molecule has 3 aliphatic heterocycles. The Morgan fingerprint density at radius 1 is 0.758 bits per heavy atom. The van der Waals surface area contributed by atoms with Gasteiger partial charge in [-0.3, -0.25) is 4.79 Å². The Kier molecular flexibility index (Phi) is 7.56. The number of nitrogens with one attached hydrogen (secondary N) is 3. The highest BCUT2D eigenvalue weighted by Gasteiger charge is 2.38. The first-order valence-corrected chi connectivity index (χ1v) is 12.0. The predicted octanol–water partition coefficient (Wildman–Crippen LogP) is 5.12. The number of piperidine rings is 3. The van der Waals surface area contributed by atoms with E-state index in [2.05, 4.69) is 20.9 Å². The van der Waals surface area contributed by atoms with E-state index < -0.39 is 0 Å². The van der Waals surface area contributed by atoms with Gasteiger partial charge in [0.05, 0.1) is 5.92 Å². The van der Waals surface area contributed by atoms with Crippen LogP contribution in [0.1, 0.15) is 38.5 Å². The number of urea groups is 1. The summed E-state index contributed by atoms with van der Waals surface area (Å²) in [5.41, 5.74) is 3.78. The molecule has 0 radical (unpaired) electrons. The van der Waals surface area contributed by atoms with Crippen LogP contribution in [-0.2, 0) is 4.79 Å². The summed E-state index contributed by atoms with van der Waals surface area (Å²) in [6.07, 6.45) is 6.82. The SMILES string of the molecule is Cl.O=C(Nc1ccc(-c2ccc(NC(=O)C3CN4CCC3CC4)cc2)cc1)NC1CCCC1. The first-order chi connectivity index (χ1) is 15.6. The summed E-state index contributed by atoms with van der Waals surface area (Å²) in [5.74, 6) is 0.799. The number of carbonyl (C=O) groups is 2. The maximum atomic E-state index is 12.8. The van der Waals surface area contributed by atoms with Crippen molar-refractivity contribution < 1.29 is 9.59 Å². The normalized spacial score (nSPS) is 24.1. The first kappa shape index (κ1) is 23.6. The molecule has 6 nitrogen and oxygen atoms in total. The van der Waals surface area contributed by atoms with Crippen LogP contribution >= 0.6 is 12.4 Å². The molecular formula is C26H33ClN4O2. The number of rotatable bonds is 5. The van der Waals surface area contributed by atoms with E-state index in [1.165, 1.54) is 12.8 Å². The summed E-state index contributed by atoms with van der Waals surface area (Å²) >= 11 is 0. The topological polar surface area (TPSA) is 73.5 Å². The molecule has 2 aromatic carbocycles. The third kappa shape index (κ3) is 5.68. The van der Waals surface area contributed by atoms with Crippen molar-refractivity contribution >= 4 is 35.7 Å². The second kappa shape index (κ2) is 10.6. The number of fused-ring (bicyclic) bond motifs is 3.